The van der Waals surface area contributed by atoms with Crippen LogP contribution in [0.2, 0.25) is 0 Å². The van der Waals surface area contributed by atoms with Crippen LogP contribution >= 0.6 is 7.82 Å². The number of hydrogen-bond acceptors (Lipinski definition) is 7. The van der Waals surface area contributed by atoms with Crippen LogP contribution in [0, 0.1) is 11.8 Å². The molecular formula is C17H38N2O8P+. The lowest BCUT2D eigenvalue weighted by Crippen LogP contribution is -2.57. The monoisotopic (exact) mass is 429 g/mol. The van der Waals surface area contributed by atoms with Crippen molar-refractivity contribution in [2.75, 3.05) is 40.9 Å². The van der Waals surface area contributed by atoms with E-state index in [1.54, 1.807) is 13.8 Å². The molecule has 3 unspecified atom stereocenters. The predicted octanol–water partition coefficient (Wildman–Crippen LogP) is -0.294. The Kier molecular flexibility index (Phi) is 11.3. The molecule has 28 heavy (non-hydrogen) atoms. The average Bonchev–Trinajstić information content (AvgIpc) is 2.53. The topological polar surface area (TPSA) is 146 Å². The fraction of sp³-hybridized carbons (Fsp3) is 0.941. The zero-order valence-electron chi connectivity index (χ0n) is 17.9. The fourth-order valence-corrected chi connectivity index (χ4v) is 3.16. The number of nitrogens with one attached hydrogen (secondary N) is 1. The number of phosphoric acid groups is 1. The summed E-state index contributed by atoms with van der Waals surface area (Å²) in [4.78, 5) is 21.1. The molecule has 0 aromatic heterocycles. The summed E-state index contributed by atoms with van der Waals surface area (Å²) in [5.41, 5.74) is 0. The Morgan fingerprint density at radius 2 is 1.57 bits per heavy atom. The maximum atomic E-state index is 11.9. The van der Waals surface area contributed by atoms with Gasteiger partial charge in [-0.2, -0.15) is 0 Å². The molecule has 10 nitrogen and oxygen atoms in total. The summed E-state index contributed by atoms with van der Waals surface area (Å²) >= 11 is 0. The van der Waals surface area contributed by atoms with E-state index in [1.165, 1.54) is 13.8 Å². The number of likely N-dealkylation sites (N-methyl/N-ethyl adjacent to an activating group) is 1. The summed E-state index contributed by atoms with van der Waals surface area (Å²) in [6.07, 6.45) is -4.02. The van der Waals surface area contributed by atoms with Crippen LogP contribution in [0.1, 0.15) is 27.7 Å². The molecule has 168 valence electrons. The van der Waals surface area contributed by atoms with Gasteiger partial charge in [0.2, 0.25) is 5.91 Å². The molecule has 0 saturated heterocycles. The molecule has 1 amide bonds. The zero-order valence-corrected chi connectivity index (χ0v) is 18.8. The van der Waals surface area contributed by atoms with Gasteiger partial charge in [-0.1, -0.05) is 20.8 Å². The SMILES string of the molecule is CC(=O)NC([C@@H](O)C(C)C)[C@H](O)[C@H](O)C(C)COP(=O)(O)OCC[N+](C)(C)C. The average molecular weight is 429 g/mol. The standard InChI is InChI=1S/C17H37N2O8P/c1-11(2)15(21)14(18-13(4)20)17(23)16(22)12(3)10-27-28(24,25)26-9-8-19(5,6)7/h11-12,14-17,21-23H,8-10H2,1-7H3,(H-,18,20,24,25)/p+1/t12?,14?,15-,16+,17-/m0/s1. The maximum Gasteiger partial charge on any atom is 0.472 e. The lowest BCUT2D eigenvalue weighted by Gasteiger charge is -2.34. The minimum absolute atomic E-state index is 0.0159. The first kappa shape index (κ1) is 27.4. The summed E-state index contributed by atoms with van der Waals surface area (Å²) < 4.78 is 22.3. The third-order valence-electron chi connectivity index (χ3n) is 4.24. The molecule has 0 aromatic rings. The Hall–Kier alpha value is -0.580. The lowest BCUT2D eigenvalue weighted by atomic mass is 9.88. The molecular weight excluding hydrogens is 391 g/mol. The number of nitrogens with zero attached hydrogens (tertiary/aromatic N) is 1. The van der Waals surface area contributed by atoms with Crippen LogP contribution in [-0.2, 0) is 18.4 Å². The van der Waals surface area contributed by atoms with Gasteiger partial charge in [-0.25, -0.2) is 4.57 Å². The highest BCUT2D eigenvalue weighted by atomic mass is 31.2. The third-order valence-corrected chi connectivity index (χ3v) is 5.22. The van der Waals surface area contributed by atoms with Crippen molar-refractivity contribution in [3.63, 3.8) is 0 Å². The lowest BCUT2D eigenvalue weighted by molar-refractivity contribution is -0.870. The molecule has 0 fully saturated rings. The van der Waals surface area contributed by atoms with E-state index in [2.05, 4.69) is 5.32 Å². The summed E-state index contributed by atoms with van der Waals surface area (Å²) in [5, 5.41) is 33.5. The largest absolute Gasteiger partial charge is 0.472 e. The van der Waals surface area contributed by atoms with Crippen LogP contribution in [0.5, 0.6) is 0 Å². The number of quaternary nitrogens is 1. The van der Waals surface area contributed by atoms with Gasteiger partial charge in [-0.3, -0.25) is 13.8 Å². The van der Waals surface area contributed by atoms with E-state index in [1.807, 2.05) is 21.1 Å². The van der Waals surface area contributed by atoms with Crippen LogP contribution in [0.15, 0.2) is 0 Å². The molecule has 0 aliphatic carbocycles. The number of phosphoric ester groups is 1. The van der Waals surface area contributed by atoms with Gasteiger partial charge in [0.1, 0.15) is 19.3 Å². The van der Waals surface area contributed by atoms with Crippen LogP contribution in [-0.4, -0.2) is 95.9 Å². The van der Waals surface area contributed by atoms with E-state index in [4.69, 9.17) is 9.05 Å². The fourth-order valence-electron chi connectivity index (χ4n) is 2.35. The molecule has 0 saturated carbocycles. The normalized spacial score (nSPS) is 20.1. The molecule has 11 heteroatoms. The Balaban J connectivity index is 4.82. The molecule has 0 aromatic carbocycles. The minimum Gasteiger partial charge on any atom is -0.391 e. The van der Waals surface area contributed by atoms with E-state index < -0.39 is 44.0 Å². The van der Waals surface area contributed by atoms with Gasteiger partial charge in [0, 0.05) is 12.8 Å². The molecule has 0 spiro atoms. The van der Waals surface area contributed by atoms with Crippen molar-refractivity contribution in [2.24, 2.45) is 11.8 Å². The second-order valence-electron chi connectivity index (χ2n) is 8.53. The second kappa shape index (κ2) is 11.6. The molecule has 0 aliphatic rings. The van der Waals surface area contributed by atoms with Crippen molar-refractivity contribution < 1.29 is 43.1 Å². The van der Waals surface area contributed by atoms with Crippen LogP contribution in [0.3, 0.4) is 0 Å². The maximum absolute atomic E-state index is 11.9. The van der Waals surface area contributed by atoms with Gasteiger partial charge in [-0.05, 0) is 5.92 Å². The highest BCUT2D eigenvalue weighted by Crippen LogP contribution is 2.43. The highest BCUT2D eigenvalue weighted by Gasteiger charge is 2.37. The quantitative estimate of drug-likeness (QED) is 0.198. The first-order valence-electron chi connectivity index (χ1n) is 9.31. The van der Waals surface area contributed by atoms with E-state index in [0.717, 1.165) is 0 Å². The van der Waals surface area contributed by atoms with Crippen LogP contribution < -0.4 is 5.32 Å². The van der Waals surface area contributed by atoms with Crippen molar-refractivity contribution >= 4 is 13.7 Å². The number of hydrogen-bond donors (Lipinski definition) is 5. The first-order valence-corrected chi connectivity index (χ1v) is 10.8. The van der Waals surface area contributed by atoms with E-state index in [-0.39, 0.29) is 19.1 Å². The molecule has 5 N–H and O–H groups in total. The molecule has 0 heterocycles. The number of amides is 1. The zero-order chi connectivity index (χ0) is 22.3. The van der Waals surface area contributed by atoms with Crippen LogP contribution in [0.4, 0.5) is 0 Å². The Bertz CT molecular complexity index is 526. The van der Waals surface area contributed by atoms with Crippen molar-refractivity contribution in [1.29, 1.82) is 0 Å². The second-order valence-corrected chi connectivity index (χ2v) is 9.98. The van der Waals surface area contributed by atoms with Gasteiger partial charge < -0.3 is 30.0 Å². The number of aliphatic hydroxyl groups excluding tert-OH is 3. The van der Waals surface area contributed by atoms with Crippen molar-refractivity contribution in [3.05, 3.63) is 0 Å². The van der Waals surface area contributed by atoms with Crippen molar-refractivity contribution in [3.8, 4) is 0 Å². The Labute approximate surface area is 167 Å². The van der Waals surface area contributed by atoms with E-state index in [9.17, 15) is 29.6 Å². The number of rotatable bonds is 13. The van der Waals surface area contributed by atoms with Gasteiger partial charge in [-0.15, -0.1) is 0 Å². The van der Waals surface area contributed by atoms with Crippen LogP contribution in [0.25, 0.3) is 0 Å². The van der Waals surface area contributed by atoms with Gasteiger partial charge in [0.05, 0.1) is 46.0 Å². The van der Waals surface area contributed by atoms with Crippen molar-refractivity contribution in [1.82, 2.24) is 5.32 Å². The third kappa shape index (κ3) is 10.8. The van der Waals surface area contributed by atoms with Gasteiger partial charge in [0.25, 0.3) is 0 Å². The summed E-state index contributed by atoms with van der Waals surface area (Å²) in [6.45, 7) is 6.31. The molecule has 0 bridgehead atoms. The molecule has 0 rings (SSSR count). The predicted molar refractivity (Wildman–Crippen MR) is 104 cm³/mol. The number of carbonyl (C=O) groups is 1. The number of aliphatic hydroxyl groups is 3. The summed E-state index contributed by atoms with van der Waals surface area (Å²) in [7, 11) is 1.41. The smallest absolute Gasteiger partial charge is 0.391 e. The minimum atomic E-state index is -4.31. The van der Waals surface area contributed by atoms with Crippen molar-refractivity contribution in [2.45, 2.75) is 52.0 Å². The molecule has 0 aliphatic heterocycles. The van der Waals surface area contributed by atoms with E-state index >= 15 is 0 Å². The van der Waals surface area contributed by atoms with Gasteiger partial charge in [0.15, 0.2) is 0 Å². The molecule has 0 radical (unpaired) electrons. The Morgan fingerprint density at radius 3 is 2.00 bits per heavy atom. The molecule has 6 atom stereocenters. The summed E-state index contributed by atoms with van der Waals surface area (Å²) in [5.74, 6) is -1.52. The van der Waals surface area contributed by atoms with Gasteiger partial charge >= 0.3 is 7.82 Å². The first-order chi connectivity index (χ1) is 12.6. The number of carbonyl (C=O) groups excluding carboxylic acids is 1. The Morgan fingerprint density at radius 1 is 1.04 bits per heavy atom. The highest BCUT2D eigenvalue weighted by molar-refractivity contribution is 7.47. The van der Waals surface area contributed by atoms with E-state index in [0.29, 0.717) is 11.0 Å². The summed E-state index contributed by atoms with van der Waals surface area (Å²) in [6, 6.07) is -1.10.